The third-order valence-electron chi connectivity index (χ3n) is 11.7. The first kappa shape index (κ1) is 29.4. The van der Waals surface area contributed by atoms with Crippen molar-refractivity contribution >= 4 is 82.4 Å². The van der Waals surface area contributed by atoms with Crippen LogP contribution in [-0.4, -0.2) is 4.57 Å². The largest absolute Gasteiger partial charge is 0.455 e. The first-order valence-corrected chi connectivity index (χ1v) is 19.9. The SMILES string of the molecule is [2H]c1c([2H])c(-n2c3ccccc3c3ccccc32)c([2H])c([2H])c1N(c1ccc(-c2ccc(-c3cccc4ccccc34)cc2)cc1)c1cccc2oc3c4ccccc4ccc3c12. The van der Waals surface area contributed by atoms with E-state index in [1.54, 1.807) is 0 Å². The van der Waals surface area contributed by atoms with Gasteiger partial charge in [-0.1, -0.05) is 152 Å². The van der Waals surface area contributed by atoms with Gasteiger partial charge < -0.3 is 13.9 Å². The van der Waals surface area contributed by atoms with E-state index in [-0.39, 0.29) is 35.5 Å². The number of nitrogens with zero attached hydrogens (tertiary/aromatic N) is 2. The zero-order valence-electron chi connectivity index (χ0n) is 35.8. The van der Waals surface area contributed by atoms with Crippen molar-refractivity contribution in [3.05, 3.63) is 218 Å². The number of fused-ring (bicyclic) bond motifs is 9. The monoisotopic (exact) mass is 756 g/mol. The fraction of sp³-hybridized carbons (Fsp3) is 0. The van der Waals surface area contributed by atoms with E-state index in [9.17, 15) is 5.48 Å². The molecule has 0 atom stereocenters. The molecule has 3 heteroatoms. The van der Waals surface area contributed by atoms with Crippen molar-refractivity contribution in [2.24, 2.45) is 0 Å². The van der Waals surface area contributed by atoms with Gasteiger partial charge >= 0.3 is 0 Å². The lowest BCUT2D eigenvalue weighted by Gasteiger charge is -2.27. The summed E-state index contributed by atoms with van der Waals surface area (Å²) in [6, 6.07) is 64.9. The lowest BCUT2D eigenvalue weighted by Crippen LogP contribution is -2.10. The summed E-state index contributed by atoms with van der Waals surface area (Å²) in [5.41, 5.74) is 9.10. The van der Waals surface area contributed by atoms with Gasteiger partial charge in [0.2, 0.25) is 0 Å². The number of aromatic nitrogens is 1. The fourth-order valence-corrected chi connectivity index (χ4v) is 8.92. The maximum atomic E-state index is 9.81. The Hall–Kier alpha value is -7.88. The highest BCUT2D eigenvalue weighted by Gasteiger charge is 2.21. The van der Waals surface area contributed by atoms with E-state index in [1.165, 1.54) is 16.3 Å². The first-order valence-electron chi connectivity index (χ1n) is 21.9. The normalized spacial score (nSPS) is 12.7. The second-order valence-corrected chi connectivity index (χ2v) is 15.0. The Balaban J connectivity index is 1.05. The molecular weight excluding hydrogens is 717 g/mol. The van der Waals surface area contributed by atoms with Crippen LogP contribution in [0.5, 0.6) is 0 Å². The molecular formula is C56H36N2O. The minimum absolute atomic E-state index is 0.138. The van der Waals surface area contributed by atoms with Crippen LogP contribution in [0.1, 0.15) is 5.48 Å². The second kappa shape index (κ2) is 13.4. The van der Waals surface area contributed by atoms with Crippen LogP contribution in [0.3, 0.4) is 0 Å². The van der Waals surface area contributed by atoms with Crippen molar-refractivity contribution in [3.8, 4) is 27.9 Å². The van der Waals surface area contributed by atoms with Crippen molar-refractivity contribution in [2.45, 2.75) is 0 Å². The van der Waals surface area contributed by atoms with Gasteiger partial charge in [-0.05, 0) is 105 Å². The Morgan fingerprint density at radius 3 is 1.68 bits per heavy atom. The van der Waals surface area contributed by atoms with E-state index >= 15 is 0 Å². The van der Waals surface area contributed by atoms with E-state index in [1.807, 2.05) is 100 Å². The third-order valence-corrected chi connectivity index (χ3v) is 11.7. The average molecular weight is 757 g/mol. The van der Waals surface area contributed by atoms with Crippen LogP contribution in [0, 0.1) is 0 Å². The summed E-state index contributed by atoms with van der Waals surface area (Å²) >= 11 is 0. The summed E-state index contributed by atoms with van der Waals surface area (Å²) in [4.78, 5) is 1.87. The van der Waals surface area contributed by atoms with E-state index in [4.69, 9.17) is 4.42 Å². The molecule has 3 nitrogen and oxygen atoms in total. The molecule has 59 heavy (non-hydrogen) atoms. The Kier molecular flexibility index (Phi) is 6.65. The van der Waals surface area contributed by atoms with Crippen molar-refractivity contribution < 1.29 is 9.90 Å². The summed E-state index contributed by atoms with van der Waals surface area (Å²) in [5, 5.41) is 8.12. The number of anilines is 3. The lowest BCUT2D eigenvalue weighted by atomic mass is 9.96. The molecule has 0 bridgehead atoms. The van der Waals surface area contributed by atoms with E-state index in [0.29, 0.717) is 17.0 Å². The molecule has 12 aromatic rings. The van der Waals surface area contributed by atoms with E-state index < -0.39 is 0 Å². The number of benzene rings is 10. The fourth-order valence-electron chi connectivity index (χ4n) is 8.92. The number of para-hydroxylation sites is 2. The van der Waals surface area contributed by atoms with Crippen LogP contribution in [0.2, 0.25) is 0 Å². The first-order chi connectivity index (χ1) is 30.9. The molecule has 10 aromatic carbocycles. The molecule has 0 unspecified atom stereocenters. The molecule has 0 saturated heterocycles. The number of furan rings is 1. The number of hydrogen-bond donors (Lipinski definition) is 0. The average Bonchev–Trinajstić information content (AvgIpc) is 3.89. The van der Waals surface area contributed by atoms with Gasteiger partial charge in [-0.15, -0.1) is 0 Å². The smallest absolute Gasteiger partial charge is 0.143 e. The highest BCUT2D eigenvalue weighted by Crippen LogP contribution is 2.45. The van der Waals surface area contributed by atoms with Crippen molar-refractivity contribution in [1.29, 1.82) is 0 Å². The summed E-state index contributed by atoms with van der Waals surface area (Å²) in [5.74, 6) is 0. The summed E-state index contributed by atoms with van der Waals surface area (Å²) < 4.78 is 47.5. The zero-order valence-corrected chi connectivity index (χ0v) is 31.8. The molecule has 0 fully saturated rings. The molecule has 0 N–H and O–H groups in total. The molecule has 0 amide bonds. The molecule has 0 radical (unpaired) electrons. The third kappa shape index (κ3) is 5.36. The molecule has 0 spiro atoms. The highest BCUT2D eigenvalue weighted by molar-refractivity contribution is 6.19. The van der Waals surface area contributed by atoms with Crippen molar-refractivity contribution in [2.75, 3.05) is 4.90 Å². The van der Waals surface area contributed by atoms with Crippen molar-refractivity contribution in [3.63, 3.8) is 0 Å². The molecule has 0 saturated carbocycles. The van der Waals surface area contributed by atoms with Crippen LogP contribution in [0.4, 0.5) is 17.1 Å². The lowest BCUT2D eigenvalue weighted by molar-refractivity contribution is 0.672. The van der Waals surface area contributed by atoms with Gasteiger partial charge in [0.25, 0.3) is 0 Å². The Morgan fingerprint density at radius 1 is 0.407 bits per heavy atom. The van der Waals surface area contributed by atoms with Crippen LogP contribution in [-0.2, 0) is 0 Å². The highest BCUT2D eigenvalue weighted by atomic mass is 16.3. The number of rotatable bonds is 6. The molecule has 0 aliphatic rings. The quantitative estimate of drug-likeness (QED) is 0.168. The summed E-state index contributed by atoms with van der Waals surface area (Å²) in [6.07, 6.45) is 0. The topological polar surface area (TPSA) is 21.3 Å². The molecule has 2 heterocycles. The summed E-state index contributed by atoms with van der Waals surface area (Å²) in [7, 11) is 0. The standard InChI is InChI=1S/C56H36N2O/c1-3-14-45-39(11-1)13-9-18-46(45)41-25-23-37(24-26-41)38-27-30-42(31-28-38)57(53-21-10-22-54-55(53)50-36-29-40-12-2-4-15-47(40)56(50)59-54)43-32-34-44(35-33-43)58-51-19-7-5-16-48(51)49-17-6-8-20-52(49)58/h1-36H/i32D,33D,34D,35D. The molecule has 0 aliphatic heterocycles. The molecule has 2 aromatic heterocycles. The van der Waals surface area contributed by atoms with Crippen LogP contribution < -0.4 is 4.90 Å². The van der Waals surface area contributed by atoms with Crippen LogP contribution >= 0.6 is 0 Å². The van der Waals surface area contributed by atoms with Gasteiger partial charge in [0.1, 0.15) is 11.2 Å². The Bertz CT molecular complexity index is 3710. The molecule has 0 aliphatic carbocycles. The van der Waals surface area contributed by atoms with Gasteiger partial charge in [0.05, 0.1) is 27.6 Å². The minimum atomic E-state index is -0.156. The van der Waals surface area contributed by atoms with Crippen LogP contribution in [0.15, 0.2) is 223 Å². The van der Waals surface area contributed by atoms with Gasteiger partial charge in [0.15, 0.2) is 0 Å². The van der Waals surface area contributed by atoms with E-state index in [0.717, 1.165) is 65.6 Å². The van der Waals surface area contributed by atoms with Crippen molar-refractivity contribution in [1.82, 2.24) is 4.57 Å². The molecule has 12 rings (SSSR count). The maximum Gasteiger partial charge on any atom is 0.143 e. The zero-order chi connectivity index (χ0) is 42.3. The number of hydrogen-bond acceptors (Lipinski definition) is 2. The van der Waals surface area contributed by atoms with Gasteiger partial charge in [-0.3, -0.25) is 0 Å². The molecule has 276 valence electrons. The second-order valence-electron chi connectivity index (χ2n) is 15.0. The van der Waals surface area contributed by atoms with Crippen LogP contribution in [0.25, 0.3) is 93.2 Å². The minimum Gasteiger partial charge on any atom is -0.455 e. The predicted molar refractivity (Wildman–Crippen MR) is 249 cm³/mol. The predicted octanol–water partition coefficient (Wildman–Crippen LogP) is 15.8. The summed E-state index contributed by atoms with van der Waals surface area (Å²) in [6.45, 7) is 0. The maximum absolute atomic E-state index is 9.81. The van der Waals surface area contributed by atoms with Gasteiger partial charge in [0, 0.05) is 38.6 Å². The van der Waals surface area contributed by atoms with Gasteiger partial charge in [-0.2, -0.15) is 0 Å². The Morgan fingerprint density at radius 2 is 0.966 bits per heavy atom. The van der Waals surface area contributed by atoms with Gasteiger partial charge in [-0.25, -0.2) is 0 Å². The van der Waals surface area contributed by atoms with E-state index in [2.05, 4.69) is 103 Å². The Labute approximate surface area is 346 Å².